The first-order valence-corrected chi connectivity index (χ1v) is 10.9. The van der Waals surface area contributed by atoms with Gasteiger partial charge < -0.3 is 24.1 Å². The van der Waals surface area contributed by atoms with E-state index in [1.165, 1.54) is 25.8 Å². The second-order valence-corrected chi connectivity index (χ2v) is 8.09. The van der Waals surface area contributed by atoms with E-state index in [1.807, 2.05) is 31.2 Å². The summed E-state index contributed by atoms with van der Waals surface area (Å²) in [6.07, 6.45) is 1.57. The molecule has 1 N–H and O–H groups in total. The summed E-state index contributed by atoms with van der Waals surface area (Å²) in [7, 11) is 4.52. The van der Waals surface area contributed by atoms with Gasteiger partial charge >= 0.3 is 0 Å². The van der Waals surface area contributed by atoms with E-state index in [9.17, 15) is 9.59 Å². The highest BCUT2D eigenvalue weighted by Gasteiger charge is 2.13. The van der Waals surface area contributed by atoms with Crippen LogP contribution in [0.3, 0.4) is 0 Å². The molecule has 8 heteroatoms. The number of aromatic nitrogens is 1. The number of thioether (sulfide) groups is 1. The number of benzene rings is 2. The number of amides is 1. The Bertz CT molecular complexity index is 1140. The van der Waals surface area contributed by atoms with Gasteiger partial charge in [0, 0.05) is 28.5 Å². The molecule has 0 spiro atoms. The third kappa shape index (κ3) is 5.85. The Kier molecular flexibility index (Phi) is 7.83. The summed E-state index contributed by atoms with van der Waals surface area (Å²) in [5, 5.41) is 2.85. The maximum atomic E-state index is 12.8. The van der Waals surface area contributed by atoms with Crippen molar-refractivity contribution in [2.75, 3.05) is 26.6 Å². The van der Waals surface area contributed by atoms with E-state index in [2.05, 4.69) is 5.32 Å². The largest absolute Gasteiger partial charge is 0.497 e. The Morgan fingerprint density at radius 3 is 2.34 bits per heavy atom. The zero-order chi connectivity index (χ0) is 23.1. The first-order chi connectivity index (χ1) is 15.4. The van der Waals surface area contributed by atoms with Gasteiger partial charge in [-0.2, -0.15) is 0 Å². The fourth-order valence-electron chi connectivity index (χ4n) is 3.06. The first-order valence-electron chi connectivity index (χ1n) is 9.92. The number of ether oxygens (including phenoxy) is 3. The first kappa shape index (κ1) is 23.3. The molecule has 0 bridgehead atoms. The lowest BCUT2D eigenvalue weighted by Gasteiger charge is -2.16. The topological polar surface area (TPSA) is 78.8 Å². The van der Waals surface area contributed by atoms with E-state index in [1.54, 1.807) is 47.8 Å². The monoisotopic (exact) mass is 454 g/mol. The zero-order valence-corrected chi connectivity index (χ0v) is 19.3. The van der Waals surface area contributed by atoms with Crippen LogP contribution in [-0.2, 0) is 17.1 Å². The normalized spacial score (nSPS) is 10.5. The Hall–Kier alpha value is -3.39. The van der Waals surface area contributed by atoms with Gasteiger partial charge in [0.25, 0.3) is 0 Å². The van der Waals surface area contributed by atoms with Crippen LogP contribution >= 0.6 is 11.8 Å². The molecule has 0 aliphatic rings. The number of nitrogens with zero attached hydrogens (tertiary/aromatic N) is 1. The summed E-state index contributed by atoms with van der Waals surface area (Å²) in [5.74, 6) is 1.57. The van der Waals surface area contributed by atoms with Crippen molar-refractivity contribution in [2.24, 2.45) is 0 Å². The standard InChI is InChI=1S/C24H26N2O5S/c1-16-5-8-19(9-6-16)32-15-17-11-21(27)23(31-4)13-26(17)14-24(28)25-20-10-7-18(29-2)12-22(20)30-3/h5-13H,14-15H2,1-4H3,(H,25,28). The Morgan fingerprint density at radius 1 is 0.969 bits per heavy atom. The van der Waals surface area contributed by atoms with Gasteiger partial charge in [0.2, 0.25) is 11.3 Å². The molecule has 0 radical (unpaired) electrons. The van der Waals surface area contributed by atoms with Crippen LogP contribution in [0.25, 0.3) is 0 Å². The number of carbonyl (C=O) groups excluding carboxylic acids is 1. The smallest absolute Gasteiger partial charge is 0.244 e. The highest BCUT2D eigenvalue weighted by atomic mass is 32.2. The number of rotatable bonds is 9. The van der Waals surface area contributed by atoms with Crippen LogP contribution in [0.15, 0.2) is 64.4 Å². The molecule has 2 aromatic carbocycles. The summed E-state index contributed by atoms with van der Waals surface area (Å²) in [5.41, 5.74) is 2.21. The van der Waals surface area contributed by atoms with E-state index >= 15 is 0 Å². The molecule has 0 atom stereocenters. The molecule has 0 aliphatic carbocycles. The van der Waals surface area contributed by atoms with Gasteiger partial charge in [-0.1, -0.05) is 17.7 Å². The maximum Gasteiger partial charge on any atom is 0.244 e. The lowest BCUT2D eigenvalue weighted by molar-refractivity contribution is -0.116. The molecule has 7 nitrogen and oxygen atoms in total. The van der Waals surface area contributed by atoms with Crippen LogP contribution < -0.4 is 25.0 Å². The number of hydrogen-bond acceptors (Lipinski definition) is 6. The second-order valence-electron chi connectivity index (χ2n) is 7.04. The molecule has 3 rings (SSSR count). The van der Waals surface area contributed by atoms with Crippen molar-refractivity contribution in [2.45, 2.75) is 24.1 Å². The number of pyridine rings is 1. The van der Waals surface area contributed by atoms with E-state index in [4.69, 9.17) is 14.2 Å². The molecule has 1 amide bonds. The quantitative estimate of drug-likeness (QED) is 0.490. The molecule has 168 valence electrons. The molecule has 0 unspecified atom stereocenters. The summed E-state index contributed by atoms with van der Waals surface area (Å²) < 4.78 is 17.4. The minimum Gasteiger partial charge on any atom is -0.497 e. The van der Waals surface area contributed by atoms with Crippen LogP contribution in [0.2, 0.25) is 0 Å². The summed E-state index contributed by atoms with van der Waals surface area (Å²) in [4.78, 5) is 26.2. The Labute approximate surface area is 191 Å². The zero-order valence-electron chi connectivity index (χ0n) is 18.5. The average molecular weight is 455 g/mol. The fourth-order valence-corrected chi connectivity index (χ4v) is 3.95. The summed E-state index contributed by atoms with van der Waals surface area (Å²) in [6.45, 7) is 2.04. The minimum atomic E-state index is -0.263. The van der Waals surface area contributed by atoms with Crippen molar-refractivity contribution >= 4 is 23.4 Å². The Balaban J connectivity index is 1.80. The van der Waals surface area contributed by atoms with Gasteiger partial charge in [0.1, 0.15) is 18.0 Å². The van der Waals surface area contributed by atoms with Crippen LogP contribution in [-0.4, -0.2) is 31.8 Å². The molecular formula is C24H26N2O5S. The fraction of sp³-hybridized carbons (Fsp3) is 0.250. The van der Waals surface area contributed by atoms with E-state index < -0.39 is 0 Å². The van der Waals surface area contributed by atoms with Gasteiger partial charge in [-0.3, -0.25) is 9.59 Å². The van der Waals surface area contributed by atoms with Gasteiger partial charge in [0.05, 0.1) is 33.2 Å². The van der Waals surface area contributed by atoms with Crippen LogP contribution in [0.5, 0.6) is 17.2 Å². The van der Waals surface area contributed by atoms with Crippen LogP contribution in [0.1, 0.15) is 11.3 Å². The van der Waals surface area contributed by atoms with Crippen molar-refractivity contribution in [3.8, 4) is 17.2 Å². The highest BCUT2D eigenvalue weighted by molar-refractivity contribution is 7.98. The molecule has 32 heavy (non-hydrogen) atoms. The van der Waals surface area contributed by atoms with E-state index in [-0.39, 0.29) is 23.6 Å². The molecule has 0 fully saturated rings. The minimum absolute atomic E-state index is 0.00954. The van der Waals surface area contributed by atoms with Crippen molar-refractivity contribution in [1.82, 2.24) is 4.57 Å². The SMILES string of the molecule is COc1ccc(NC(=O)Cn2cc(OC)c(=O)cc2CSc2ccc(C)cc2)c(OC)c1. The molecule has 0 aliphatic heterocycles. The molecule has 0 saturated carbocycles. The molecule has 1 heterocycles. The molecular weight excluding hydrogens is 428 g/mol. The summed E-state index contributed by atoms with van der Waals surface area (Å²) in [6, 6.07) is 14.8. The average Bonchev–Trinajstić information content (AvgIpc) is 2.80. The third-order valence-electron chi connectivity index (χ3n) is 4.81. The van der Waals surface area contributed by atoms with Gasteiger partial charge in [-0.15, -0.1) is 11.8 Å². The maximum absolute atomic E-state index is 12.8. The third-order valence-corrected chi connectivity index (χ3v) is 5.85. The van der Waals surface area contributed by atoms with Gasteiger partial charge in [-0.25, -0.2) is 0 Å². The number of aryl methyl sites for hydroxylation is 1. The van der Waals surface area contributed by atoms with E-state index in [0.717, 1.165) is 10.6 Å². The van der Waals surface area contributed by atoms with Crippen LogP contribution in [0.4, 0.5) is 5.69 Å². The van der Waals surface area contributed by atoms with Crippen molar-refractivity contribution in [1.29, 1.82) is 0 Å². The van der Waals surface area contributed by atoms with Crippen molar-refractivity contribution in [3.05, 3.63) is 76.2 Å². The highest BCUT2D eigenvalue weighted by Crippen LogP contribution is 2.29. The lowest BCUT2D eigenvalue weighted by Crippen LogP contribution is -2.23. The van der Waals surface area contributed by atoms with Crippen molar-refractivity contribution in [3.63, 3.8) is 0 Å². The second kappa shape index (κ2) is 10.8. The molecule has 1 aromatic heterocycles. The predicted octanol–water partition coefficient (Wildman–Crippen LogP) is 4.11. The molecule has 0 saturated heterocycles. The number of nitrogens with one attached hydrogen (secondary N) is 1. The number of anilines is 1. The van der Waals surface area contributed by atoms with Gasteiger partial charge in [-0.05, 0) is 31.2 Å². The number of carbonyl (C=O) groups is 1. The van der Waals surface area contributed by atoms with Crippen molar-refractivity contribution < 1.29 is 19.0 Å². The van der Waals surface area contributed by atoms with Gasteiger partial charge in [0.15, 0.2) is 5.75 Å². The lowest BCUT2D eigenvalue weighted by atomic mass is 10.2. The molecule has 3 aromatic rings. The Morgan fingerprint density at radius 2 is 1.69 bits per heavy atom. The van der Waals surface area contributed by atoms with E-state index in [0.29, 0.717) is 22.9 Å². The summed E-state index contributed by atoms with van der Waals surface area (Å²) >= 11 is 1.59. The number of hydrogen-bond donors (Lipinski definition) is 1. The predicted molar refractivity (Wildman–Crippen MR) is 126 cm³/mol. The number of methoxy groups -OCH3 is 3. The van der Waals surface area contributed by atoms with Crippen LogP contribution in [0, 0.1) is 6.92 Å².